The fourth-order valence-electron chi connectivity index (χ4n) is 4.46. The van der Waals surface area contributed by atoms with Crippen molar-refractivity contribution in [2.24, 2.45) is 0 Å². The quantitative estimate of drug-likeness (QED) is 0.745. The molecule has 1 N–H and O–H groups in total. The van der Waals surface area contributed by atoms with Crippen LogP contribution in [0.5, 0.6) is 0 Å². The SMILES string of the molecule is CNC(=O)C1CN(C(=O)c2ccccc2CN2CCOCC2)CCN1Cc1ccccc1. The van der Waals surface area contributed by atoms with Gasteiger partial charge in [-0.3, -0.25) is 19.4 Å². The first-order valence-corrected chi connectivity index (χ1v) is 11.3. The number of rotatable bonds is 6. The average molecular weight is 437 g/mol. The van der Waals surface area contributed by atoms with Crippen LogP contribution >= 0.6 is 0 Å². The van der Waals surface area contributed by atoms with E-state index in [2.05, 4.69) is 27.2 Å². The third-order valence-electron chi connectivity index (χ3n) is 6.30. The standard InChI is InChI=1S/C25H32N4O3/c1-26-24(30)23-19-29(12-11-28(23)17-20-7-3-2-4-8-20)25(31)22-10-6-5-9-21(22)18-27-13-15-32-16-14-27/h2-10,23H,11-19H2,1H3,(H,26,30). The zero-order valence-corrected chi connectivity index (χ0v) is 18.7. The van der Waals surface area contributed by atoms with E-state index in [0.29, 0.717) is 26.2 Å². The van der Waals surface area contributed by atoms with Crippen molar-refractivity contribution in [1.82, 2.24) is 20.0 Å². The number of ether oxygens (including phenoxy) is 1. The molecule has 0 bridgehead atoms. The fraction of sp³-hybridized carbons (Fsp3) is 0.440. The number of piperazine rings is 1. The molecule has 0 aliphatic carbocycles. The lowest BCUT2D eigenvalue weighted by molar-refractivity contribution is -0.128. The molecule has 0 radical (unpaired) electrons. The van der Waals surface area contributed by atoms with Crippen molar-refractivity contribution in [3.63, 3.8) is 0 Å². The van der Waals surface area contributed by atoms with E-state index in [-0.39, 0.29) is 17.9 Å². The van der Waals surface area contributed by atoms with E-state index in [9.17, 15) is 9.59 Å². The predicted octanol–water partition coefficient (Wildman–Crippen LogP) is 1.59. The van der Waals surface area contributed by atoms with Crippen LogP contribution < -0.4 is 5.32 Å². The summed E-state index contributed by atoms with van der Waals surface area (Å²) in [6, 6.07) is 17.6. The second kappa shape index (κ2) is 10.7. The highest BCUT2D eigenvalue weighted by atomic mass is 16.5. The van der Waals surface area contributed by atoms with Crippen LogP contribution in [0.1, 0.15) is 21.5 Å². The highest BCUT2D eigenvalue weighted by Crippen LogP contribution is 2.20. The lowest BCUT2D eigenvalue weighted by atomic mass is 10.0. The molecule has 2 amide bonds. The molecule has 2 aliphatic rings. The van der Waals surface area contributed by atoms with Gasteiger partial charge in [-0.05, 0) is 17.2 Å². The summed E-state index contributed by atoms with van der Waals surface area (Å²) in [5, 5.41) is 2.78. The molecular weight excluding hydrogens is 404 g/mol. The zero-order valence-electron chi connectivity index (χ0n) is 18.7. The van der Waals surface area contributed by atoms with E-state index >= 15 is 0 Å². The molecule has 7 nitrogen and oxygen atoms in total. The molecule has 32 heavy (non-hydrogen) atoms. The second-order valence-electron chi connectivity index (χ2n) is 8.38. The van der Waals surface area contributed by atoms with Crippen LogP contribution in [-0.2, 0) is 22.6 Å². The number of nitrogens with one attached hydrogen (secondary N) is 1. The number of carbonyl (C=O) groups is 2. The molecule has 1 unspecified atom stereocenters. The van der Waals surface area contributed by atoms with Crippen LogP contribution in [0.2, 0.25) is 0 Å². The number of likely N-dealkylation sites (N-methyl/N-ethyl adjacent to an activating group) is 1. The van der Waals surface area contributed by atoms with Gasteiger partial charge in [0.25, 0.3) is 5.91 Å². The maximum atomic E-state index is 13.5. The van der Waals surface area contributed by atoms with Crippen molar-refractivity contribution in [1.29, 1.82) is 0 Å². The van der Waals surface area contributed by atoms with E-state index in [1.807, 2.05) is 47.4 Å². The summed E-state index contributed by atoms with van der Waals surface area (Å²) in [6.45, 7) is 6.28. The molecule has 1 atom stereocenters. The molecule has 2 aromatic carbocycles. The molecule has 2 heterocycles. The molecule has 2 fully saturated rings. The first-order chi connectivity index (χ1) is 15.7. The van der Waals surface area contributed by atoms with E-state index in [4.69, 9.17) is 4.74 Å². The molecule has 170 valence electrons. The third-order valence-corrected chi connectivity index (χ3v) is 6.30. The second-order valence-corrected chi connectivity index (χ2v) is 8.38. The van der Waals surface area contributed by atoms with Crippen LogP contribution in [0, 0.1) is 0 Å². The van der Waals surface area contributed by atoms with Crippen molar-refractivity contribution in [3.05, 3.63) is 71.3 Å². The number of hydrogen-bond donors (Lipinski definition) is 1. The Hall–Kier alpha value is -2.74. The van der Waals surface area contributed by atoms with Crippen molar-refractivity contribution >= 4 is 11.8 Å². The van der Waals surface area contributed by atoms with Crippen LogP contribution in [0.25, 0.3) is 0 Å². The lowest BCUT2D eigenvalue weighted by Gasteiger charge is -2.40. The summed E-state index contributed by atoms with van der Waals surface area (Å²) < 4.78 is 5.45. The Labute approximate surface area is 189 Å². The number of morpholine rings is 1. The number of amides is 2. The van der Waals surface area contributed by atoms with Crippen molar-refractivity contribution in [3.8, 4) is 0 Å². The van der Waals surface area contributed by atoms with Gasteiger partial charge in [0.2, 0.25) is 5.91 Å². The smallest absolute Gasteiger partial charge is 0.254 e. The average Bonchev–Trinajstić information content (AvgIpc) is 2.85. The summed E-state index contributed by atoms with van der Waals surface area (Å²) in [4.78, 5) is 32.5. The third kappa shape index (κ3) is 5.35. The Bertz CT molecular complexity index is 914. The van der Waals surface area contributed by atoms with E-state index in [1.54, 1.807) is 7.05 Å². The van der Waals surface area contributed by atoms with Crippen LogP contribution in [0.15, 0.2) is 54.6 Å². The number of nitrogens with zero attached hydrogens (tertiary/aromatic N) is 3. The van der Waals surface area contributed by atoms with Gasteiger partial charge in [-0.2, -0.15) is 0 Å². The summed E-state index contributed by atoms with van der Waals surface area (Å²) in [5.74, 6) is -0.0536. The molecule has 4 rings (SSSR count). The summed E-state index contributed by atoms with van der Waals surface area (Å²) in [7, 11) is 1.65. The highest BCUT2D eigenvalue weighted by molar-refractivity contribution is 5.96. The summed E-state index contributed by atoms with van der Waals surface area (Å²) in [6.07, 6.45) is 0. The molecular formula is C25H32N4O3. The van der Waals surface area contributed by atoms with Gasteiger partial charge in [0, 0.05) is 58.4 Å². The Morgan fingerprint density at radius 1 is 0.938 bits per heavy atom. The molecule has 2 aliphatic heterocycles. The first kappa shape index (κ1) is 22.5. The zero-order chi connectivity index (χ0) is 22.3. The van der Waals surface area contributed by atoms with Gasteiger partial charge in [-0.25, -0.2) is 0 Å². The maximum absolute atomic E-state index is 13.5. The minimum atomic E-state index is -0.371. The Kier molecular flexibility index (Phi) is 7.52. The minimum Gasteiger partial charge on any atom is -0.379 e. The van der Waals surface area contributed by atoms with Gasteiger partial charge >= 0.3 is 0 Å². The van der Waals surface area contributed by atoms with E-state index in [1.165, 1.54) is 0 Å². The highest BCUT2D eigenvalue weighted by Gasteiger charge is 2.34. The van der Waals surface area contributed by atoms with Gasteiger partial charge in [0.1, 0.15) is 6.04 Å². The fourth-order valence-corrected chi connectivity index (χ4v) is 4.46. The topological polar surface area (TPSA) is 65.1 Å². The summed E-state index contributed by atoms with van der Waals surface area (Å²) in [5.41, 5.74) is 2.92. The maximum Gasteiger partial charge on any atom is 0.254 e. The first-order valence-electron chi connectivity index (χ1n) is 11.3. The van der Waals surface area contributed by atoms with Gasteiger partial charge in [-0.15, -0.1) is 0 Å². The Morgan fingerprint density at radius 3 is 2.41 bits per heavy atom. The Balaban J connectivity index is 1.48. The largest absolute Gasteiger partial charge is 0.379 e. The van der Waals surface area contributed by atoms with Crippen molar-refractivity contribution < 1.29 is 14.3 Å². The van der Waals surface area contributed by atoms with E-state index in [0.717, 1.165) is 49.5 Å². The van der Waals surface area contributed by atoms with Gasteiger partial charge in [0.15, 0.2) is 0 Å². The van der Waals surface area contributed by atoms with Gasteiger partial charge in [0.05, 0.1) is 13.2 Å². The molecule has 7 heteroatoms. The Morgan fingerprint density at radius 2 is 1.66 bits per heavy atom. The predicted molar refractivity (Wildman–Crippen MR) is 123 cm³/mol. The van der Waals surface area contributed by atoms with Crippen molar-refractivity contribution in [2.75, 3.05) is 53.0 Å². The molecule has 0 aromatic heterocycles. The number of carbonyl (C=O) groups excluding carboxylic acids is 2. The number of hydrogen-bond acceptors (Lipinski definition) is 5. The molecule has 0 spiro atoms. The van der Waals surface area contributed by atoms with Gasteiger partial charge < -0.3 is 15.0 Å². The van der Waals surface area contributed by atoms with Crippen LogP contribution in [0.3, 0.4) is 0 Å². The van der Waals surface area contributed by atoms with E-state index < -0.39 is 0 Å². The van der Waals surface area contributed by atoms with Crippen LogP contribution in [0.4, 0.5) is 0 Å². The normalized spacial score (nSPS) is 20.2. The van der Waals surface area contributed by atoms with Crippen molar-refractivity contribution in [2.45, 2.75) is 19.1 Å². The molecule has 2 saturated heterocycles. The van der Waals surface area contributed by atoms with Gasteiger partial charge in [-0.1, -0.05) is 48.5 Å². The van der Waals surface area contributed by atoms with Crippen LogP contribution in [-0.4, -0.2) is 85.5 Å². The monoisotopic (exact) mass is 436 g/mol. The lowest BCUT2D eigenvalue weighted by Crippen LogP contribution is -2.59. The molecule has 0 saturated carbocycles. The minimum absolute atomic E-state index is 0.00197. The molecule has 2 aromatic rings. The number of benzene rings is 2. The summed E-state index contributed by atoms with van der Waals surface area (Å²) >= 11 is 0.